The lowest BCUT2D eigenvalue weighted by Crippen LogP contribution is -2.31. The van der Waals surface area contributed by atoms with Gasteiger partial charge < -0.3 is 0 Å². The molecule has 0 N–H and O–H groups in total. The van der Waals surface area contributed by atoms with E-state index in [-0.39, 0.29) is 17.1 Å². The van der Waals surface area contributed by atoms with Gasteiger partial charge in [0.15, 0.2) is 5.78 Å². The second-order valence-corrected chi connectivity index (χ2v) is 7.14. The lowest BCUT2D eigenvalue weighted by molar-refractivity contribution is 0.0919. The van der Waals surface area contributed by atoms with Crippen LogP contribution < -0.4 is 0 Å². The van der Waals surface area contributed by atoms with E-state index >= 15 is 0 Å². The fourth-order valence-corrected chi connectivity index (χ4v) is 4.20. The Balaban J connectivity index is 2.02. The summed E-state index contributed by atoms with van der Waals surface area (Å²) < 4.78 is 1.17. The highest BCUT2D eigenvalue weighted by molar-refractivity contribution is 9.11. The summed E-state index contributed by atoms with van der Waals surface area (Å²) in [6.07, 6.45) is 4.18. The minimum Gasteiger partial charge on any atom is -0.293 e. The molecule has 0 aliphatic heterocycles. The van der Waals surface area contributed by atoms with Crippen LogP contribution in [0, 0.1) is 5.92 Å². The third kappa shape index (κ3) is 1.51. The van der Waals surface area contributed by atoms with Crippen LogP contribution in [0.1, 0.15) is 35.7 Å². The molecule has 0 spiro atoms. The van der Waals surface area contributed by atoms with Gasteiger partial charge in [-0.25, -0.2) is 0 Å². The first-order valence-electron chi connectivity index (χ1n) is 7.03. The van der Waals surface area contributed by atoms with Crippen LogP contribution in [-0.4, -0.2) is 5.78 Å². The maximum absolute atomic E-state index is 12.8. The summed E-state index contributed by atoms with van der Waals surface area (Å²) in [6, 6.07) is 12.6. The number of ketones is 1. The van der Waals surface area contributed by atoms with Gasteiger partial charge in [0.25, 0.3) is 0 Å². The van der Waals surface area contributed by atoms with Crippen molar-refractivity contribution in [2.24, 2.45) is 5.92 Å². The summed E-state index contributed by atoms with van der Waals surface area (Å²) in [5.74, 6) is 0.280. The molecule has 0 heterocycles. The van der Waals surface area contributed by atoms with Gasteiger partial charge in [0, 0.05) is 11.0 Å². The van der Waals surface area contributed by atoms with Crippen LogP contribution >= 0.6 is 15.9 Å². The largest absolute Gasteiger partial charge is 0.293 e. The average Bonchev–Trinajstić information content (AvgIpc) is 2.67. The molecule has 2 heteroatoms. The predicted molar refractivity (Wildman–Crippen MR) is 85.4 cm³/mol. The monoisotopic (exact) mass is 326 g/mol. The van der Waals surface area contributed by atoms with Crippen LogP contribution in [0.4, 0.5) is 0 Å². The number of fused-ring (bicyclic) bond motifs is 4. The van der Waals surface area contributed by atoms with Crippen molar-refractivity contribution in [3.63, 3.8) is 0 Å². The van der Waals surface area contributed by atoms with Gasteiger partial charge in [0.05, 0.1) is 5.92 Å². The first-order chi connectivity index (χ1) is 9.59. The highest BCUT2D eigenvalue weighted by atomic mass is 79.9. The second kappa shape index (κ2) is 4.05. The van der Waals surface area contributed by atoms with Gasteiger partial charge in [-0.1, -0.05) is 53.2 Å². The van der Waals surface area contributed by atoms with Crippen LogP contribution in [0.2, 0.25) is 0 Å². The van der Waals surface area contributed by atoms with Gasteiger partial charge in [-0.3, -0.25) is 4.79 Å². The average molecular weight is 327 g/mol. The third-order valence-electron chi connectivity index (χ3n) is 4.97. The Hall–Kier alpha value is -1.41. The first kappa shape index (κ1) is 12.3. The van der Waals surface area contributed by atoms with Gasteiger partial charge in [-0.05, 0) is 45.8 Å². The second-order valence-electron chi connectivity index (χ2n) is 6.12. The predicted octanol–water partition coefficient (Wildman–Crippen LogP) is 4.98. The molecule has 0 bridgehead atoms. The van der Waals surface area contributed by atoms with E-state index in [4.69, 9.17) is 0 Å². The van der Waals surface area contributed by atoms with Crippen molar-refractivity contribution >= 4 is 32.5 Å². The minimum absolute atomic E-state index is 0.00237. The van der Waals surface area contributed by atoms with Crippen molar-refractivity contribution in [1.29, 1.82) is 0 Å². The summed E-state index contributed by atoms with van der Waals surface area (Å²) in [7, 11) is 0. The van der Waals surface area contributed by atoms with Gasteiger partial charge in [0.1, 0.15) is 0 Å². The van der Waals surface area contributed by atoms with Crippen molar-refractivity contribution < 1.29 is 4.79 Å². The zero-order chi connectivity index (χ0) is 13.9. The van der Waals surface area contributed by atoms with Gasteiger partial charge in [0.2, 0.25) is 0 Å². The number of rotatable bonds is 0. The van der Waals surface area contributed by atoms with Crippen LogP contribution in [0.5, 0.6) is 0 Å². The van der Waals surface area contributed by atoms with Crippen molar-refractivity contribution in [2.75, 3.05) is 0 Å². The summed E-state index contributed by atoms with van der Waals surface area (Å²) in [6.45, 7) is 2.24. The van der Waals surface area contributed by atoms with Crippen LogP contribution in [0.25, 0.3) is 10.8 Å². The quantitative estimate of drug-likeness (QED) is 0.667. The number of allylic oxidation sites excluding steroid dienone is 2. The van der Waals surface area contributed by atoms with E-state index in [0.717, 1.165) is 23.8 Å². The molecule has 0 saturated heterocycles. The Morgan fingerprint density at radius 3 is 2.65 bits per heavy atom. The Kier molecular flexibility index (Phi) is 2.50. The van der Waals surface area contributed by atoms with E-state index in [1.54, 1.807) is 0 Å². The number of hydrogen-bond donors (Lipinski definition) is 0. The topological polar surface area (TPSA) is 17.1 Å². The van der Waals surface area contributed by atoms with Gasteiger partial charge >= 0.3 is 0 Å². The molecule has 0 saturated carbocycles. The Bertz CT molecular complexity index is 774. The fourth-order valence-electron chi connectivity index (χ4n) is 3.73. The number of carbonyl (C=O) groups is 1. The number of carbonyl (C=O) groups excluding carboxylic acids is 1. The lowest BCUT2D eigenvalue weighted by atomic mass is 9.70. The maximum atomic E-state index is 12.8. The molecule has 2 atom stereocenters. The number of halogens is 1. The molecule has 2 unspecified atom stereocenters. The normalized spacial score (nSPS) is 28.2. The van der Waals surface area contributed by atoms with Gasteiger partial charge in [-0.2, -0.15) is 0 Å². The van der Waals surface area contributed by atoms with Crippen molar-refractivity contribution in [3.8, 4) is 0 Å². The van der Waals surface area contributed by atoms with E-state index in [9.17, 15) is 4.79 Å². The van der Waals surface area contributed by atoms with E-state index in [0.29, 0.717) is 0 Å². The number of benzene rings is 2. The molecule has 1 nitrogen and oxygen atoms in total. The smallest absolute Gasteiger partial charge is 0.170 e. The molecule has 2 aliphatic rings. The van der Waals surface area contributed by atoms with E-state index < -0.39 is 0 Å². The summed E-state index contributed by atoms with van der Waals surface area (Å²) >= 11 is 3.57. The van der Waals surface area contributed by atoms with Gasteiger partial charge in [-0.15, -0.1) is 0 Å². The molecule has 0 radical (unpaired) electrons. The maximum Gasteiger partial charge on any atom is 0.170 e. The SMILES string of the molecule is CC12CCC(Br)=CC1C(=O)c1cc3ccccc3cc12. The number of Topliss-reactive ketones (excluding diaryl/α,β-unsaturated/α-hetero) is 1. The molecule has 0 fully saturated rings. The molecule has 0 amide bonds. The van der Waals surface area contributed by atoms with Crippen molar-refractivity contribution in [2.45, 2.75) is 25.2 Å². The minimum atomic E-state index is -0.0340. The van der Waals surface area contributed by atoms with E-state index in [1.807, 2.05) is 6.07 Å². The standard InChI is InChI=1S/C18H15BrO/c1-18-7-6-13(19)10-16(18)17(20)14-8-11-4-2-3-5-12(11)9-15(14)18/h2-5,8-10,16H,6-7H2,1H3. The Morgan fingerprint density at radius 1 is 1.20 bits per heavy atom. The van der Waals surface area contributed by atoms with Crippen LogP contribution in [-0.2, 0) is 5.41 Å². The van der Waals surface area contributed by atoms with Crippen LogP contribution in [0.15, 0.2) is 47.0 Å². The van der Waals surface area contributed by atoms with Crippen LogP contribution in [0.3, 0.4) is 0 Å². The molecule has 4 rings (SSSR count). The fraction of sp³-hybridized carbons (Fsp3) is 0.278. The first-order valence-corrected chi connectivity index (χ1v) is 7.82. The molecule has 2 aromatic rings. The Labute approximate surface area is 126 Å². The molecule has 20 heavy (non-hydrogen) atoms. The highest BCUT2D eigenvalue weighted by Gasteiger charge is 2.49. The van der Waals surface area contributed by atoms with Crippen molar-refractivity contribution in [1.82, 2.24) is 0 Å². The molecule has 0 aromatic heterocycles. The molecule has 2 aliphatic carbocycles. The van der Waals surface area contributed by atoms with E-state index in [2.05, 4.69) is 59.3 Å². The van der Waals surface area contributed by atoms with E-state index in [1.165, 1.54) is 15.4 Å². The zero-order valence-corrected chi connectivity index (χ0v) is 12.9. The van der Waals surface area contributed by atoms with Crippen molar-refractivity contribution in [3.05, 3.63) is 58.1 Å². The Morgan fingerprint density at radius 2 is 1.90 bits per heavy atom. The molecular formula is C18H15BrO. The highest BCUT2D eigenvalue weighted by Crippen LogP contribution is 2.51. The lowest BCUT2D eigenvalue weighted by Gasteiger charge is -2.33. The number of hydrogen-bond acceptors (Lipinski definition) is 1. The summed E-state index contributed by atoms with van der Waals surface area (Å²) in [4.78, 5) is 12.8. The summed E-state index contributed by atoms with van der Waals surface area (Å²) in [5.41, 5.74) is 2.13. The molecule has 2 aromatic carbocycles. The molecule has 100 valence electrons. The summed E-state index contributed by atoms with van der Waals surface area (Å²) in [5, 5.41) is 2.39. The zero-order valence-electron chi connectivity index (χ0n) is 11.3. The molecular weight excluding hydrogens is 312 g/mol. The third-order valence-corrected chi connectivity index (χ3v) is 5.63.